The maximum atomic E-state index is 14.2. The highest BCUT2D eigenvalue weighted by Gasteiger charge is 2.24. The Hall–Kier alpha value is -7.71. The number of benzene rings is 3. The van der Waals surface area contributed by atoms with Crippen molar-refractivity contribution in [3.05, 3.63) is 83.2 Å². The third kappa shape index (κ3) is 19.0. The second-order valence-corrected chi connectivity index (χ2v) is 18.1. The number of amides is 4. The Morgan fingerprint density at radius 1 is 0.515 bits per heavy atom. The third-order valence-corrected chi connectivity index (χ3v) is 10.1. The molecule has 370 valence electrons. The van der Waals surface area contributed by atoms with E-state index in [4.69, 9.17) is 40.1 Å². The average Bonchev–Trinajstić information content (AvgIpc) is 3.23. The maximum Gasteiger partial charge on any atom is 0.255 e. The zero-order valence-electron chi connectivity index (χ0n) is 40.3. The number of unbranched alkanes of at least 4 members (excludes halogenated alkanes) is 2. The van der Waals surface area contributed by atoms with E-state index in [9.17, 15) is 19.2 Å². The lowest BCUT2D eigenvalue weighted by Gasteiger charge is -2.25. The molecular weight excluding hydrogens is 867 g/mol. The van der Waals surface area contributed by atoms with E-state index in [1.54, 1.807) is 18.2 Å². The number of nitrogens with one attached hydrogen (secondary N) is 7. The lowest BCUT2D eigenvalue weighted by molar-refractivity contribution is -0.117. The van der Waals surface area contributed by atoms with Gasteiger partial charge in [0.25, 0.3) is 11.8 Å². The molecule has 0 radical (unpaired) electrons. The van der Waals surface area contributed by atoms with Gasteiger partial charge in [-0.3, -0.25) is 34.2 Å². The molecule has 3 aromatic rings. The number of nitrogens with two attached hydrogens (primary N) is 7. The zero-order chi connectivity index (χ0) is 50.6. The Morgan fingerprint density at radius 3 is 1.28 bits per heavy atom. The topological polar surface area (TPSA) is 372 Å². The van der Waals surface area contributed by atoms with E-state index >= 15 is 0 Å². The summed E-state index contributed by atoms with van der Waals surface area (Å²) in [7, 11) is 0. The summed E-state index contributed by atoms with van der Waals surface area (Å²) in [6.07, 6.45) is 2.69. The first kappa shape index (κ1) is 54.6. The Labute approximate surface area is 399 Å². The van der Waals surface area contributed by atoms with Gasteiger partial charge in [-0.1, -0.05) is 54.2 Å². The van der Waals surface area contributed by atoms with Gasteiger partial charge in [0.15, 0.2) is 17.9 Å². The summed E-state index contributed by atoms with van der Waals surface area (Å²) in [5, 5.41) is 21.7. The smallest absolute Gasteiger partial charge is 0.255 e. The van der Waals surface area contributed by atoms with Gasteiger partial charge in [-0.2, -0.15) is 0 Å². The first-order valence-electron chi connectivity index (χ1n) is 22.5. The van der Waals surface area contributed by atoms with Crippen LogP contribution in [-0.4, -0.2) is 80.8 Å². The van der Waals surface area contributed by atoms with Gasteiger partial charge >= 0.3 is 0 Å². The minimum Gasteiger partial charge on any atom is -0.386 e. The molecule has 0 fully saturated rings. The number of rotatable bonds is 25. The van der Waals surface area contributed by atoms with Crippen LogP contribution in [0.2, 0.25) is 0 Å². The van der Waals surface area contributed by atoms with Gasteiger partial charge in [-0.25, -0.2) is 0 Å². The van der Waals surface area contributed by atoms with Crippen molar-refractivity contribution in [3.63, 3.8) is 0 Å². The van der Waals surface area contributed by atoms with Crippen LogP contribution in [0.3, 0.4) is 0 Å². The summed E-state index contributed by atoms with van der Waals surface area (Å²) in [5.74, 6) is -1.35. The van der Waals surface area contributed by atoms with Crippen molar-refractivity contribution in [2.75, 3.05) is 71.2 Å². The lowest BCUT2D eigenvalue weighted by atomic mass is 9.86. The van der Waals surface area contributed by atoms with Crippen LogP contribution in [0.1, 0.15) is 112 Å². The first-order chi connectivity index (χ1) is 31.9. The number of carbonyl (C=O) groups excluding carboxylic acids is 4. The predicted molar refractivity (Wildman–Crippen MR) is 278 cm³/mol. The SMILES string of the molecule is C=C(N)NCCNc1c(NC(=O)CCCCN=C(N)N)cc(C(C)(C)C)cc1NC(=O)c1cccc(C(=O)Nc2cc(C(C)(C)C)cc(NC(=O)CCCCN=C(N)N)c2NCCN=C(N)N)c1. The van der Waals surface area contributed by atoms with Gasteiger partial charge in [-0.05, 0) is 90.1 Å². The fraction of sp³-hybridized carbons (Fsp3) is 0.426. The molecular formula is C47H73N17O4. The molecule has 0 aliphatic carbocycles. The van der Waals surface area contributed by atoms with Crippen LogP contribution >= 0.6 is 0 Å². The number of guanidine groups is 3. The van der Waals surface area contributed by atoms with E-state index in [0.29, 0.717) is 86.0 Å². The highest BCUT2D eigenvalue weighted by Crippen LogP contribution is 2.39. The molecule has 0 heterocycles. The minimum atomic E-state index is -0.524. The molecule has 21 N–H and O–H groups in total. The van der Waals surface area contributed by atoms with Gasteiger partial charge in [0.05, 0.1) is 46.5 Å². The van der Waals surface area contributed by atoms with Gasteiger partial charge in [0, 0.05) is 56.7 Å². The van der Waals surface area contributed by atoms with Crippen LogP contribution in [0.4, 0.5) is 34.1 Å². The highest BCUT2D eigenvalue weighted by atomic mass is 16.2. The molecule has 0 atom stereocenters. The fourth-order valence-corrected chi connectivity index (χ4v) is 6.53. The summed E-state index contributed by atoms with van der Waals surface area (Å²) < 4.78 is 0. The number of hydrogen-bond acceptors (Lipinski definition) is 11. The Bertz CT molecular complexity index is 2330. The zero-order valence-corrected chi connectivity index (χ0v) is 40.3. The van der Waals surface area contributed by atoms with Crippen LogP contribution in [0.25, 0.3) is 0 Å². The fourth-order valence-electron chi connectivity index (χ4n) is 6.53. The molecule has 0 aliphatic rings. The first-order valence-corrected chi connectivity index (χ1v) is 22.5. The van der Waals surface area contributed by atoms with Gasteiger partial charge in [0.1, 0.15) is 0 Å². The number of carbonyl (C=O) groups is 4. The number of aliphatic imine (C=N–C) groups is 3. The molecule has 0 spiro atoms. The number of nitrogens with zero attached hydrogens (tertiary/aromatic N) is 3. The quantitative estimate of drug-likeness (QED) is 0.0328. The molecule has 0 aliphatic heterocycles. The third-order valence-electron chi connectivity index (χ3n) is 10.1. The van der Waals surface area contributed by atoms with Crippen LogP contribution < -0.4 is 77.4 Å². The Balaban J connectivity index is 2.02. The van der Waals surface area contributed by atoms with Crippen molar-refractivity contribution in [2.24, 2.45) is 55.1 Å². The van der Waals surface area contributed by atoms with Crippen LogP contribution in [-0.2, 0) is 20.4 Å². The van der Waals surface area contributed by atoms with Crippen molar-refractivity contribution < 1.29 is 19.2 Å². The van der Waals surface area contributed by atoms with E-state index in [0.717, 1.165) is 11.1 Å². The summed E-state index contributed by atoms with van der Waals surface area (Å²) in [6, 6.07) is 13.7. The minimum absolute atomic E-state index is 0.00873. The van der Waals surface area contributed by atoms with Crippen molar-refractivity contribution >= 4 is 75.6 Å². The van der Waals surface area contributed by atoms with Crippen molar-refractivity contribution in [2.45, 2.75) is 90.9 Å². The number of hydrogen-bond donors (Lipinski definition) is 14. The Morgan fingerprint density at radius 2 is 0.897 bits per heavy atom. The summed E-state index contributed by atoms with van der Waals surface area (Å²) in [5.41, 5.74) is 42.4. The van der Waals surface area contributed by atoms with Gasteiger partial charge < -0.3 is 77.4 Å². The molecule has 0 saturated heterocycles. The van der Waals surface area contributed by atoms with Crippen molar-refractivity contribution in [3.8, 4) is 0 Å². The summed E-state index contributed by atoms with van der Waals surface area (Å²) >= 11 is 0. The molecule has 3 rings (SSSR count). The molecule has 0 saturated carbocycles. The number of anilines is 6. The van der Waals surface area contributed by atoms with E-state index in [1.165, 1.54) is 6.07 Å². The molecule has 4 amide bonds. The normalized spacial score (nSPS) is 11.0. The lowest BCUT2D eigenvalue weighted by Crippen LogP contribution is -2.26. The molecule has 21 nitrogen and oxygen atoms in total. The second-order valence-electron chi connectivity index (χ2n) is 18.1. The van der Waals surface area contributed by atoms with Crippen LogP contribution in [0, 0.1) is 0 Å². The molecule has 0 bridgehead atoms. The standard InChI is InChI=1S/C47H73N17O4/c1-28(48)55-19-20-56-39-33(61-37(65)15-8-10-17-58-43(49)50)24-31(46(2,3)4)26-35(39)63-41(67)29-13-12-14-30(23-29)42(68)64-36-27-32(47(5,6)7)25-34(40(36)57-21-22-60-45(53)54)62-38(66)16-9-11-18-59-44(51)52/h12-14,23-27,55-57H,1,8-11,15-22,48H2,2-7H3,(H,61,65)(H,62,66)(H,63,67)(H,64,68)(H4,49,50,58)(H4,51,52,59)(H4,53,54,60). The largest absolute Gasteiger partial charge is 0.386 e. The van der Waals surface area contributed by atoms with E-state index < -0.39 is 22.6 Å². The molecule has 68 heavy (non-hydrogen) atoms. The predicted octanol–water partition coefficient (Wildman–Crippen LogP) is 3.67. The van der Waals surface area contributed by atoms with Crippen molar-refractivity contribution in [1.82, 2.24) is 5.32 Å². The van der Waals surface area contributed by atoms with Crippen LogP contribution in [0.5, 0.6) is 0 Å². The van der Waals surface area contributed by atoms with Crippen LogP contribution in [0.15, 0.2) is 75.9 Å². The monoisotopic (exact) mass is 940 g/mol. The van der Waals surface area contributed by atoms with E-state index in [-0.39, 0.29) is 72.6 Å². The maximum absolute atomic E-state index is 14.2. The van der Waals surface area contributed by atoms with E-state index in [2.05, 4.69) is 58.8 Å². The molecule has 0 unspecified atom stereocenters. The van der Waals surface area contributed by atoms with Crippen molar-refractivity contribution in [1.29, 1.82) is 0 Å². The Kier molecular flexibility index (Phi) is 20.8. The summed E-state index contributed by atoms with van der Waals surface area (Å²) in [4.78, 5) is 67.1. The molecule has 21 heteroatoms. The second kappa shape index (κ2) is 25.8. The summed E-state index contributed by atoms with van der Waals surface area (Å²) in [6.45, 7) is 17.8. The average molecular weight is 940 g/mol. The molecule has 3 aromatic carbocycles. The van der Waals surface area contributed by atoms with Gasteiger partial charge in [0.2, 0.25) is 11.8 Å². The molecule has 0 aromatic heterocycles. The highest BCUT2D eigenvalue weighted by molar-refractivity contribution is 6.12. The van der Waals surface area contributed by atoms with E-state index in [1.807, 2.05) is 65.8 Å². The van der Waals surface area contributed by atoms with Gasteiger partial charge in [-0.15, -0.1) is 0 Å².